The van der Waals surface area contributed by atoms with Gasteiger partial charge in [0.15, 0.2) is 4.80 Å². The highest BCUT2D eigenvalue weighted by Crippen LogP contribution is 2.49. The molecule has 1 saturated carbocycles. The third-order valence-corrected chi connectivity index (χ3v) is 8.03. The molecule has 1 aromatic heterocycles. The SMILES string of the molecule is CCN(CC)CCn1cc(Cc2ccccc2Cl)s/c1=N/C(=O)C1(c2ccc(OC)cc2)CC1. The summed E-state index contributed by atoms with van der Waals surface area (Å²) in [5.74, 6) is 0.737. The van der Waals surface area contributed by atoms with E-state index in [9.17, 15) is 4.79 Å². The summed E-state index contributed by atoms with van der Waals surface area (Å²) in [7, 11) is 1.65. The van der Waals surface area contributed by atoms with Crippen molar-refractivity contribution < 1.29 is 9.53 Å². The van der Waals surface area contributed by atoms with E-state index < -0.39 is 5.41 Å². The number of ether oxygens (including phenoxy) is 1. The fourth-order valence-electron chi connectivity index (χ4n) is 4.23. The summed E-state index contributed by atoms with van der Waals surface area (Å²) in [6, 6.07) is 15.7. The quantitative estimate of drug-likeness (QED) is 0.381. The molecule has 1 fully saturated rings. The summed E-state index contributed by atoms with van der Waals surface area (Å²) < 4.78 is 7.41. The number of methoxy groups -OCH3 is 1. The number of carbonyl (C=O) groups is 1. The highest BCUT2D eigenvalue weighted by Gasteiger charge is 2.51. The Hall–Kier alpha value is -2.41. The van der Waals surface area contributed by atoms with Crippen LogP contribution in [0.15, 0.2) is 59.7 Å². The molecule has 7 heteroatoms. The summed E-state index contributed by atoms with van der Waals surface area (Å²) in [5.41, 5.74) is 1.59. The molecule has 1 aliphatic carbocycles. The first-order valence-corrected chi connectivity index (χ1v) is 13.1. The van der Waals surface area contributed by atoms with E-state index in [0.717, 1.165) is 77.0 Å². The molecule has 4 rings (SSSR count). The monoisotopic (exact) mass is 497 g/mol. The van der Waals surface area contributed by atoms with Crippen LogP contribution < -0.4 is 9.54 Å². The van der Waals surface area contributed by atoms with Crippen LogP contribution in [-0.2, 0) is 23.2 Å². The van der Waals surface area contributed by atoms with Gasteiger partial charge in [-0.1, -0.05) is 55.8 Å². The first kappa shape index (κ1) is 24.7. The van der Waals surface area contributed by atoms with Gasteiger partial charge in [0.05, 0.1) is 12.5 Å². The Morgan fingerprint density at radius 2 is 1.85 bits per heavy atom. The lowest BCUT2D eigenvalue weighted by molar-refractivity contribution is -0.120. The van der Waals surface area contributed by atoms with Gasteiger partial charge in [-0.2, -0.15) is 4.99 Å². The van der Waals surface area contributed by atoms with Crippen LogP contribution in [-0.4, -0.2) is 42.1 Å². The first-order valence-electron chi connectivity index (χ1n) is 11.9. The second kappa shape index (κ2) is 10.9. The molecule has 0 aliphatic heterocycles. The van der Waals surface area contributed by atoms with E-state index in [2.05, 4.69) is 34.5 Å². The van der Waals surface area contributed by atoms with Crippen LogP contribution in [0.1, 0.15) is 42.7 Å². The molecular formula is C27H32ClN3O2S. The second-order valence-electron chi connectivity index (χ2n) is 8.70. The van der Waals surface area contributed by atoms with E-state index in [1.54, 1.807) is 18.4 Å². The lowest BCUT2D eigenvalue weighted by atomic mass is 9.95. The van der Waals surface area contributed by atoms with E-state index in [0.29, 0.717) is 0 Å². The summed E-state index contributed by atoms with van der Waals surface area (Å²) in [5, 5.41) is 0.761. The molecule has 1 heterocycles. The van der Waals surface area contributed by atoms with Crippen molar-refractivity contribution in [2.45, 2.75) is 45.1 Å². The van der Waals surface area contributed by atoms with Crippen LogP contribution in [0.25, 0.3) is 0 Å². The highest BCUT2D eigenvalue weighted by atomic mass is 35.5. The number of hydrogen-bond acceptors (Lipinski definition) is 4. The van der Waals surface area contributed by atoms with Crippen LogP contribution in [0.2, 0.25) is 5.02 Å². The number of thiazole rings is 1. The van der Waals surface area contributed by atoms with Crippen molar-refractivity contribution in [3.63, 3.8) is 0 Å². The number of hydrogen-bond donors (Lipinski definition) is 0. The third kappa shape index (κ3) is 5.45. The van der Waals surface area contributed by atoms with Gasteiger partial charge < -0.3 is 14.2 Å². The zero-order valence-electron chi connectivity index (χ0n) is 20.1. The number of nitrogens with zero attached hydrogens (tertiary/aromatic N) is 3. The summed E-state index contributed by atoms with van der Waals surface area (Å²) in [4.78, 5) is 22.4. The maximum absolute atomic E-state index is 13.4. The molecule has 0 saturated heterocycles. The fraction of sp³-hybridized carbons (Fsp3) is 0.407. The minimum atomic E-state index is -0.504. The van der Waals surface area contributed by atoms with Crippen molar-refractivity contribution in [1.29, 1.82) is 0 Å². The maximum atomic E-state index is 13.4. The minimum Gasteiger partial charge on any atom is -0.497 e. The first-order chi connectivity index (χ1) is 16.5. The molecule has 0 unspecified atom stereocenters. The van der Waals surface area contributed by atoms with Crippen LogP contribution in [0.5, 0.6) is 5.75 Å². The number of carbonyl (C=O) groups excluding carboxylic acids is 1. The zero-order chi connectivity index (χ0) is 24.1. The molecule has 34 heavy (non-hydrogen) atoms. The molecule has 1 amide bonds. The topological polar surface area (TPSA) is 46.8 Å². The molecule has 0 spiro atoms. The summed E-state index contributed by atoms with van der Waals surface area (Å²) >= 11 is 7.99. The Kier molecular flexibility index (Phi) is 7.91. The smallest absolute Gasteiger partial charge is 0.258 e. The average molecular weight is 498 g/mol. The largest absolute Gasteiger partial charge is 0.497 e. The lowest BCUT2D eigenvalue weighted by Gasteiger charge is -2.18. The fourth-order valence-corrected chi connectivity index (χ4v) is 5.47. The Balaban J connectivity index is 1.64. The summed E-state index contributed by atoms with van der Waals surface area (Å²) in [6.07, 6.45) is 4.53. The standard InChI is InChI=1S/C27H32ClN3O2S/c1-4-30(5-2)16-17-31-19-23(18-20-8-6-7-9-24(20)28)34-26(31)29-25(32)27(14-15-27)21-10-12-22(33-3)13-11-21/h6-13,19H,4-5,14-18H2,1-3H3/b29-26+. The van der Waals surface area contributed by atoms with Gasteiger partial charge >= 0.3 is 0 Å². The van der Waals surface area contributed by atoms with Crippen molar-refractivity contribution in [3.05, 3.63) is 80.6 Å². The normalized spacial score (nSPS) is 15.0. The van der Waals surface area contributed by atoms with E-state index in [4.69, 9.17) is 16.3 Å². The van der Waals surface area contributed by atoms with E-state index in [1.807, 2.05) is 48.5 Å². The van der Waals surface area contributed by atoms with Crippen molar-refractivity contribution in [1.82, 2.24) is 9.47 Å². The van der Waals surface area contributed by atoms with E-state index in [-0.39, 0.29) is 5.91 Å². The molecule has 1 aliphatic rings. The van der Waals surface area contributed by atoms with Crippen molar-refractivity contribution in [2.75, 3.05) is 26.7 Å². The number of likely N-dealkylation sites (N-methyl/N-ethyl adjacent to an activating group) is 1. The Bertz CT molecular complexity index is 1190. The molecule has 3 aromatic rings. The summed E-state index contributed by atoms with van der Waals surface area (Å²) in [6.45, 7) is 8.05. The number of halogens is 1. The van der Waals surface area contributed by atoms with Gasteiger partial charge in [-0.25, -0.2) is 0 Å². The highest BCUT2D eigenvalue weighted by molar-refractivity contribution is 7.09. The van der Waals surface area contributed by atoms with Gasteiger partial charge in [0.2, 0.25) is 0 Å². The van der Waals surface area contributed by atoms with Gasteiger partial charge in [0.1, 0.15) is 5.75 Å². The molecule has 180 valence electrons. The second-order valence-corrected chi connectivity index (χ2v) is 10.2. The van der Waals surface area contributed by atoms with Gasteiger partial charge in [-0.3, -0.25) is 4.79 Å². The zero-order valence-corrected chi connectivity index (χ0v) is 21.7. The van der Waals surface area contributed by atoms with Crippen LogP contribution in [0.4, 0.5) is 0 Å². The number of aromatic nitrogens is 1. The van der Waals surface area contributed by atoms with Crippen molar-refractivity contribution >= 4 is 28.8 Å². The molecule has 0 N–H and O–H groups in total. The van der Waals surface area contributed by atoms with Crippen LogP contribution in [0.3, 0.4) is 0 Å². The number of amides is 1. The molecule has 0 radical (unpaired) electrons. The Labute approximate surface area is 210 Å². The number of rotatable bonds is 10. The third-order valence-electron chi connectivity index (χ3n) is 6.64. The lowest BCUT2D eigenvalue weighted by Crippen LogP contribution is -2.30. The van der Waals surface area contributed by atoms with Crippen LogP contribution in [0, 0.1) is 0 Å². The minimum absolute atomic E-state index is 0.0552. The predicted molar refractivity (Wildman–Crippen MR) is 139 cm³/mol. The molecule has 0 atom stereocenters. The molecule has 2 aromatic carbocycles. The number of benzene rings is 2. The van der Waals surface area contributed by atoms with Gasteiger partial charge in [0.25, 0.3) is 5.91 Å². The Morgan fingerprint density at radius 1 is 1.15 bits per heavy atom. The Morgan fingerprint density at radius 3 is 2.47 bits per heavy atom. The van der Waals surface area contributed by atoms with Crippen molar-refractivity contribution in [2.24, 2.45) is 4.99 Å². The van der Waals surface area contributed by atoms with Crippen LogP contribution >= 0.6 is 22.9 Å². The van der Waals surface area contributed by atoms with E-state index >= 15 is 0 Å². The average Bonchev–Trinajstić information content (AvgIpc) is 3.59. The van der Waals surface area contributed by atoms with Gasteiger partial charge in [0, 0.05) is 35.6 Å². The molecule has 0 bridgehead atoms. The predicted octanol–water partition coefficient (Wildman–Crippen LogP) is 5.30. The van der Waals surface area contributed by atoms with Crippen molar-refractivity contribution in [3.8, 4) is 5.75 Å². The van der Waals surface area contributed by atoms with E-state index in [1.165, 1.54) is 0 Å². The molecule has 5 nitrogen and oxygen atoms in total. The van der Waals surface area contributed by atoms with Gasteiger partial charge in [-0.15, -0.1) is 11.3 Å². The van der Waals surface area contributed by atoms with Gasteiger partial charge in [-0.05, 0) is 55.3 Å². The molecular weight excluding hydrogens is 466 g/mol. The maximum Gasteiger partial charge on any atom is 0.258 e.